The maximum atomic E-state index is 14.0. The summed E-state index contributed by atoms with van der Waals surface area (Å²) in [5, 5.41) is 58.5. The molecule has 1 unspecified atom stereocenters. The summed E-state index contributed by atoms with van der Waals surface area (Å²) in [7, 11) is 0. The van der Waals surface area contributed by atoms with Gasteiger partial charge in [0.1, 0.15) is 18.8 Å². The van der Waals surface area contributed by atoms with Crippen LogP contribution in [-0.2, 0) is 23.9 Å². The molecule has 10 nitrogen and oxygen atoms in total. The van der Waals surface area contributed by atoms with E-state index in [4.69, 9.17) is 4.74 Å². The Hall–Kier alpha value is -1.72. The van der Waals surface area contributed by atoms with Crippen LogP contribution in [0.25, 0.3) is 0 Å². The minimum absolute atomic E-state index is 0.0719. The second-order valence-corrected chi connectivity index (χ2v) is 15.0. The third kappa shape index (κ3) is 18.5. The summed E-state index contributed by atoms with van der Waals surface area (Å²) in [6, 6.07) is 0. The van der Waals surface area contributed by atoms with Crippen LogP contribution in [0, 0.1) is 0 Å². The molecule has 0 amide bonds. The lowest BCUT2D eigenvalue weighted by atomic mass is 9.66. The van der Waals surface area contributed by atoms with Crippen LogP contribution in [0.4, 0.5) is 0 Å². The standard InChI is InChI=1S/C42H78O10/c1-5-9-13-17-21-25-29-34(43)39(48)41(50,36(45)30-26-22-18-14-10-6-2)42(51,37(46)31-27-23-19-15-11-7-3)40(49)35(44)33-52-38(47)32-28-24-20-16-12-8-4/h35,39-40,44,48-51H,5-33H2,1-4H3/t35-,39?,40-,41+,42+/m1/s1. The number of ketones is 3. The van der Waals surface area contributed by atoms with Gasteiger partial charge in [0.15, 0.2) is 34.7 Å². The Labute approximate surface area is 315 Å². The molecule has 0 saturated carbocycles. The van der Waals surface area contributed by atoms with Crippen LogP contribution in [0.5, 0.6) is 0 Å². The lowest BCUT2D eigenvalue weighted by molar-refractivity contribution is -0.240. The summed E-state index contributed by atoms with van der Waals surface area (Å²) in [6.07, 6.45) is 11.8. The van der Waals surface area contributed by atoms with Crippen molar-refractivity contribution in [2.24, 2.45) is 0 Å². The van der Waals surface area contributed by atoms with E-state index in [0.29, 0.717) is 32.1 Å². The summed E-state index contributed by atoms with van der Waals surface area (Å²) in [5.74, 6) is -3.91. The monoisotopic (exact) mass is 743 g/mol. The van der Waals surface area contributed by atoms with Crippen molar-refractivity contribution in [2.45, 2.75) is 237 Å². The van der Waals surface area contributed by atoms with E-state index in [1.807, 2.05) is 0 Å². The molecule has 5 N–H and O–H groups in total. The van der Waals surface area contributed by atoms with Crippen molar-refractivity contribution in [3.05, 3.63) is 0 Å². The molecule has 5 atom stereocenters. The molecular weight excluding hydrogens is 664 g/mol. The number of aliphatic hydroxyl groups excluding tert-OH is 3. The molecule has 10 heteroatoms. The predicted octanol–water partition coefficient (Wildman–Crippen LogP) is 7.78. The highest BCUT2D eigenvalue weighted by atomic mass is 16.5. The van der Waals surface area contributed by atoms with E-state index in [0.717, 1.165) is 109 Å². The Morgan fingerprint density at radius 1 is 0.462 bits per heavy atom. The SMILES string of the molecule is CCCCCCCCC(=O)OC[C@@H](O)[C@@H](O)[C@@](O)(C(=O)CCCCCCCC)[C@](O)(C(=O)CCCCCCCC)C(O)C(=O)CCCCCCCC. The molecule has 0 aromatic rings. The largest absolute Gasteiger partial charge is 0.463 e. The van der Waals surface area contributed by atoms with Crippen molar-refractivity contribution < 1.29 is 49.4 Å². The Morgan fingerprint density at radius 3 is 1.19 bits per heavy atom. The molecule has 0 radical (unpaired) electrons. The molecule has 52 heavy (non-hydrogen) atoms. The maximum Gasteiger partial charge on any atom is 0.305 e. The number of rotatable bonds is 37. The van der Waals surface area contributed by atoms with E-state index in [-0.39, 0.29) is 38.5 Å². The van der Waals surface area contributed by atoms with Crippen molar-refractivity contribution in [2.75, 3.05) is 6.61 Å². The fraction of sp³-hybridized carbons (Fsp3) is 0.905. The van der Waals surface area contributed by atoms with Gasteiger partial charge >= 0.3 is 5.97 Å². The zero-order valence-electron chi connectivity index (χ0n) is 33.5. The number of ether oxygens (including phenoxy) is 1. The fourth-order valence-electron chi connectivity index (χ4n) is 6.81. The molecule has 0 aliphatic heterocycles. The first kappa shape index (κ1) is 50.3. The van der Waals surface area contributed by atoms with Gasteiger partial charge in [-0.2, -0.15) is 0 Å². The third-order valence-corrected chi connectivity index (χ3v) is 10.4. The van der Waals surface area contributed by atoms with Crippen LogP contribution in [0.3, 0.4) is 0 Å². The minimum Gasteiger partial charge on any atom is -0.463 e. The van der Waals surface area contributed by atoms with E-state index in [9.17, 15) is 44.7 Å². The molecule has 0 spiro atoms. The van der Waals surface area contributed by atoms with Crippen LogP contribution >= 0.6 is 0 Å². The molecule has 0 heterocycles. The van der Waals surface area contributed by atoms with Crippen LogP contribution in [0.2, 0.25) is 0 Å². The Balaban J connectivity index is 6.34. The van der Waals surface area contributed by atoms with Gasteiger partial charge in [-0.25, -0.2) is 0 Å². The Morgan fingerprint density at radius 2 is 0.788 bits per heavy atom. The van der Waals surface area contributed by atoms with Gasteiger partial charge in [0.2, 0.25) is 0 Å². The van der Waals surface area contributed by atoms with Crippen LogP contribution in [-0.4, -0.2) is 85.0 Å². The highest BCUT2D eigenvalue weighted by Crippen LogP contribution is 2.37. The maximum absolute atomic E-state index is 14.0. The van der Waals surface area contributed by atoms with Crippen LogP contribution in [0.15, 0.2) is 0 Å². The second-order valence-electron chi connectivity index (χ2n) is 15.0. The zero-order valence-corrected chi connectivity index (χ0v) is 33.5. The topological polar surface area (TPSA) is 179 Å². The van der Waals surface area contributed by atoms with Gasteiger partial charge < -0.3 is 30.3 Å². The van der Waals surface area contributed by atoms with E-state index >= 15 is 0 Å². The Bertz CT molecular complexity index is 955. The zero-order chi connectivity index (χ0) is 39.3. The number of Topliss-reactive ketones (excluding diaryl/α,β-unsaturated/α-hetero) is 3. The molecule has 0 aromatic carbocycles. The first-order chi connectivity index (χ1) is 24.9. The minimum atomic E-state index is -3.46. The number of esters is 1. The van der Waals surface area contributed by atoms with Crippen molar-refractivity contribution in [3.63, 3.8) is 0 Å². The number of hydrogen-bond donors (Lipinski definition) is 5. The first-order valence-corrected chi connectivity index (χ1v) is 21.1. The van der Waals surface area contributed by atoms with E-state index < -0.39 is 59.4 Å². The molecule has 0 bridgehead atoms. The lowest BCUT2D eigenvalue weighted by Crippen LogP contribution is -2.76. The van der Waals surface area contributed by atoms with E-state index in [2.05, 4.69) is 27.7 Å². The van der Waals surface area contributed by atoms with Crippen LogP contribution in [0.1, 0.15) is 207 Å². The van der Waals surface area contributed by atoms with Gasteiger partial charge in [-0.1, -0.05) is 156 Å². The third-order valence-electron chi connectivity index (χ3n) is 10.4. The average Bonchev–Trinajstić information content (AvgIpc) is 3.14. The average molecular weight is 743 g/mol. The molecule has 306 valence electrons. The van der Waals surface area contributed by atoms with Gasteiger partial charge in [-0.05, 0) is 25.7 Å². The molecule has 0 saturated heterocycles. The first-order valence-electron chi connectivity index (χ1n) is 21.1. The number of aliphatic hydroxyl groups is 5. The summed E-state index contributed by atoms with van der Waals surface area (Å²) >= 11 is 0. The normalized spacial score (nSPS) is 15.7. The molecule has 0 fully saturated rings. The highest BCUT2D eigenvalue weighted by molar-refractivity contribution is 6.04. The quantitative estimate of drug-likeness (QED) is 0.0312. The summed E-state index contributed by atoms with van der Waals surface area (Å²) < 4.78 is 5.18. The van der Waals surface area contributed by atoms with Crippen LogP contribution < -0.4 is 0 Å². The summed E-state index contributed by atoms with van der Waals surface area (Å²) in [5.41, 5.74) is -6.91. The van der Waals surface area contributed by atoms with E-state index in [1.165, 1.54) is 0 Å². The highest BCUT2D eigenvalue weighted by Gasteiger charge is 2.68. The second kappa shape index (κ2) is 30.6. The summed E-state index contributed by atoms with van der Waals surface area (Å²) in [4.78, 5) is 53.9. The molecule has 0 aliphatic carbocycles. The molecule has 0 aliphatic rings. The molecule has 0 aromatic heterocycles. The lowest BCUT2D eigenvalue weighted by Gasteiger charge is -2.46. The van der Waals surface area contributed by atoms with Gasteiger partial charge in [0.05, 0.1) is 0 Å². The van der Waals surface area contributed by atoms with Crippen molar-refractivity contribution in [1.29, 1.82) is 0 Å². The number of unbranched alkanes of at least 4 members (excludes halogenated alkanes) is 20. The van der Waals surface area contributed by atoms with Gasteiger partial charge in [0.25, 0.3) is 0 Å². The van der Waals surface area contributed by atoms with Crippen molar-refractivity contribution >= 4 is 23.3 Å². The smallest absolute Gasteiger partial charge is 0.305 e. The fourth-order valence-corrected chi connectivity index (χ4v) is 6.81. The molecular formula is C42H78O10. The van der Waals surface area contributed by atoms with Crippen molar-refractivity contribution in [3.8, 4) is 0 Å². The van der Waals surface area contributed by atoms with Gasteiger partial charge in [-0.3, -0.25) is 19.2 Å². The van der Waals surface area contributed by atoms with E-state index in [1.54, 1.807) is 0 Å². The summed E-state index contributed by atoms with van der Waals surface area (Å²) in [6.45, 7) is 7.52. The number of hydrogen-bond acceptors (Lipinski definition) is 10. The molecule has 0 rings (SSSR count). The van der Waals surface area contributed by atoms with Gasteiger partial charge in [-0.15, -0.1) is 0 Å². The van der Waals surface area contributed by atoms with Crippen molar-refractivity contribution in [1.82, 2.24) is 0 Å². The van der Waals surface area contributed by atoms with Gasteiger partial charge in [0, 0.05) is 25.7 Å². The predicted molar refractivity (Wildman–Crippen MR) is 206 cm³/mol. The Kier molecular flexibility index (Phi) is 29.6. The number of carbonyl (C=O) groups is 4. The number of carbonyl (C=O) groups excluding carboxylic acids is 4.